The molecule has 2 aromatic rings. The highest BCUT2D eigenvalue weighted by Gasteiger charge is 2.10. The van der Waals surface area contributed by atoms with E-state index in [0.717, 1.165) is 0 Å². The van der Waals surface area contributed by atoms with Crippen LogP contribution in [0.25, 0.3) is 0 Å². The van der Waals surface area contributed by atoms with Crippen LogP contribution in [0.2, 0.25) is 0 Å². The van der Waals surface area contributed by atoms with E-state index in [-0.39, 0.29) is 17.8 Å². The number of carbonyl (C=O) groups is 1. The molecule has 0 aliphatic heterocycles. The molecule has 0 amide bonds. The van der Waals surface area contributed by atoms with Crippen molar-refractivity contribution in [3.05, 3.63) is 68.1 Å². The average molecular weight is 390 g/mol. The van der Waals surface area contributed by atoms with Crippen LogP contribution in [-0.2, 0) is 6.42 Å². The molecule has 0 aliphatic rings. The van der Waals surface area contributed by atoms with Crippen LogP contribution in [0, 0.1) is 11.6 Å². The molecule has 0 bridgehead atoms. The van der Waals surface area contributed by atoms with Crippen LogP contribution in [0.1, 0.15) is 15.9 Å². The topological polar surface area (TPSA) is 17.1 Å². The Balaban J connectivity index is 2.25. The molecule has 0 unspecified atom stereocenters. The molecule has 2 aromatic carbocycles. The maximum atomic E-state index is 13.2. The minimum absolute atomic E-state index is 0.0201. The van der Waals surface area contributed by atoms with Crippen molar-refractivity contribution in [2.45, 2.75) is 6.42 Å². The van der Waals surface area contributed by atoms with Gasteiger partial charge in [0.2, 0.25) is 0 Å². The summed E-state index contributed by atoms with van der Waals surface area (Å²) in [5.74, 6) is -1.17. The Morgan fingerprint density at radius 1 is 0.895 bits per heavy atom. The SMILES string of the molecule is O=C(Cc1cc(F)cc(Br)c1)c1cc(F)cc(Br)c1. The van der Waals surface area contributed by atoms with Gasteiger partial charge in [-0.05, 0) is 42.0 Å². The summed E-state index contributed by atoms with van der Waals surface area (Å²) in [5, 5.41) is 0. The van der Waals surface area contributed by atoms with Gasteiger partial charge in [0.1, 0.15) is 11.6 Å². The van der Waals surface area contributed by atoms with Gasteiger partial charge in [0.15, 0.2) is 5.78 Å². The van der Waals surface area contributed by atoms with Crippen LogP contribution in [-0.4, -0.2) is 5.78 Å². The summed E-state index contributed by atoms with van der Waals surface area (Å²) in [6.45, 7) is 0. The first-order valence-corrected chi connectivity index (χ1v) is 6.97. The van der Waals surface area contributed by atoms with Gasteiger partial charge in [-0.3, -0.25) is 4.79 Å². The van der Waals surface area contributed by atoms with Crippen LogP contribution in [0.5, 0.6) is 0 Å². The van der Waals surface area contributed by atoms with Crippen molar-refractivity contribution in [2.75, 3.05) is 0 Å². The molecule has 0 saturated carbocycles. The van der Waals surface area contributed by atoms with E-state index >= 15 is 0 Å². The van der Waals surface area contributed by atoms with E-state index in [0.29, 0.717) is 14.5 Å². The molecule has 98 valence electrons. The van der Waals surface area contributed by atoms with Gasteiger partial charge in [-0.25, -0.2) is 8.78 Å². The number of Topliss-reactive ketones (excluding diaryl/α,β-unsaturated/α-hetero) is 1. The van der Waals surface area contributed by atoms with Gasteiger partial charge in [-0.15, -0.1) is 0 Å². The van der Waals surface area contributed by atoms with Crippen molar-refractivity contribution in [1.29, 1.82) is 0 Å². The molecule has 0 aliphatic carbocycles. The van der Waals surface area contributed by atoms with Gasteiger partial charge in [0, 0.05) is 20.9 Å². The highest BCUT2D eigenvalue weighted by molar-refractivity contribution is 9.10. The number of halogens is 4. The van der Waals surface area contributed by atoms with Gasteiger partial charge in [-0.2, -0.15) is 0 Å². The van der Waals surface area contributed by atoms with Crippen molar-refractivity contribution in [3.63, 3.8) is 0 Å². The van der Waals surface area contributed by atoms with E-state index in [9.17, 15) is 13.6 Å². The third-order valence-corrected chi connectivity index (χ3v) is 3.39. The third-order valence-electron chi connectivity index (χ3n) is 2.47. The summed E-state index contributed by atoms with van der Waals surface area (Å²) in [7, 11) is 0. The van der Waals surface area contributed by atoms with Crippen LogP contribution in [0.15, 0.2) is 45.3 Å². The minimum atomic E-state index is -0.488. The van der Waals surface area contributed by atoms with Crippen molar-refractivity contribution in [3.8, 4) is 0 Å². The lowest BCUT2D eigenvalue weighted by molar-refractivity contribution is 0.0992. The summed E-state index contributed by atoms with van der Waals surface area (Å²) in [4.78, 5) is 12.0. The number of hydrogen-bond donors (Lipinski definition) is 0. The highest BCUT2D eigenvalue weighted by Crippen LogP contribution is 2.19. The molecule has 5 heteroatoms. The first kappa shape index (κ1) is 14.3. The Bertz CT molecular complexity index is 601. The predicted molar refractivity (Wildman–Crippen MR) is 76.2 cm³/mol. The molecule has 19 heavy (non-hydrogen) atoms. The highest BCUT2D eigenvalue weighted by atomic mass is 79.9. The fraction of sp³-hybridized carbons (Fsp3) is 0.0714. The molecule has 0 saturated heterocycles. The molecule has 0 heterocycles. The Morgan fingerprint density at radius 3 is 2.05 bits per heavy atom. The summed E-state index contributed by atoms with van der Waals surface area (Å²) in [6, 6.07) is 8.25. The summed E-state index contributed by atoms with van der Waals surface area (Å²) in [5.41, 5.74) is 0.796. The second kappa shape index (κ2) is 5.92. The second-order valence-corrected chi connectivity index (χ2v) is 5.87. The maximum Gasteiger partial charge on any atom is 0.167 e. The lowest BCUT2D eigenvalue weighted by Gasteiger charge is -2.04. The zero-order valence-electron chi connectivity index (χ0n) is 9.59. The Labute approximate surface area is 125 Å². The average Bonchev–Trinajstić information content (AvgIpc) is 2.25. The quantitative estimate of drug-likeness (QED) is 0.681. The number of benzene rings is 2. The van der Waals surface area contributed by atoms with Gasteiger partial charge in [-0.1, -0.05) is 31.9 Å². The van der Waals surface area contributed by atoms with Gasteiger partial charge < -0.3 is 0 Å². The molecule has 2 rings (SSSR count). The van der Waals surface area contributed by atoms with Crippen LogP contribution < -0.4 is 0 Å². The standard InChI is InChI=1S/C14H8Br2F2O/c15-10-1-8(2-12(17)6-10)3-14(19)9-4-11(16)7-13(18)5-9/h1-2,4-7H,3H2. The fourth-order valence-corrected chi connectivity index (χ4v) is 2.69. The number of carbonyl (C=O) groups excluding carboxylic acids is 1. The number of hydrogen-bond acceptors (Lipinski definition) is 1. The molecular weight excluding hydrogens is 382 g/mol. The van der Waals surface area contributed by atoms with Crippen LogP contribution >= 0.6 is 31.9 Å². The van der Waals surface area contributed by atoms with Crippen molar-refractivity contribution in [1.82, 2.24) is 0 Å². The lowest BCUT2D eigenvalue weighted by Crippen LogP contribution is -2.04. The largest absolute Gasteiger partial charge is 0.294 e. The number of rotatable bonds is 3. The smallest absolute Gasteiger partial charge is 0.167 e. The second-order valence-electron chi connectivity index (χ2n) is 4.04. The van der Waals surface area contributed by atoms with E-state index in [1.165, 1.54) is 24.3 Å². The Hall–Kier alpha value is -1.07. The van der Waals surface area contributed by atoms with Crippen molar-refractivity contribution in [2.24, 2.45) is 0 Å². The monoisotopic (exact) mass is 388 g/mol. The summed E-state index contributed by atoms with van der Waals surface area (Å²) in [6.07, 6.45) is 0.0201. The zero-order chi connectivity index (χ0) is 14.0. The zero-order valence-corrected chi connectivity index (χ0v) is 12.8. The minimum Gasteiger partial charge on any atom is -0.294 e. The molecule has 0 radical (unpaired) electrons. The van der Waals surface area contributed by atoms with Gasteiger partial charge in [0.25, 0.3) is 0 Å². The van der Waals surface area contributed by atoms with E-state index in [2.05, 4.69) is 31.9 Å². The molecule has 0 N–H and O–H groups in total. The van der Waals surface area contributed by atoms with Gasteiger partial charge >= 0.3 is 0 Å². The number of ketones is 1. The van der Waals surface area contributed by atoms with Crippen LogP contribution in [0.4, 0.5) is 8.78 Å². The summed E-state index contributed by atoms with van der Waals surface area (Å²) >= 11 is 6.29. The van der Waals surface area contributed by atoms with Crippen molar-refractivity contribution >= 4 is 37.6 Å². The van der Waals surface area contributed by atoms with E-state index < -0.39 is 11.6 Å². The van der Waals surface area contributed by atoms with E-state index in [4.69, 9.17) is 0 Å². The Kier molecular flexibility index (Phi) is 4.47. The predicted octanol–water partition coefficient (Wildman–Crippen LogP) is 4.92. The molecule has 0 aromatic heterocycles. The molecule has 0 atom stereocenters. The normalized spacial score (nSPS) is 10.5. The van der Waals surface area contributed by atoms with Crippen LogP contribution in [0.3, 0.4) is 0 Å². The first-order valence-electron chi connectivity index (χ1n) is 5.38. The third kappa shape index (κ3) is 3.94. The molecule has 0 fully saturated rings. The molecule has 0 spiro atoms. The Morgan fingerprint density at radius 2 is 1.47 bits per heavy atom. The fourth-order valence-electron chi connectivity index (χ4n) is 1.72. The molecular formula is C14H8Br2F2O. The maximum absolute atomic E-state index is 13.2. The summed E-state index contributed by atoms with van der Waals surface area (Å²) < 4.78 is 27.5. The lowest BCUT2D eigenvalue weighted by atomic mass is 10.0. The van der Waals surface area contributed by atoms with Crippen molar-refractivity contribution < 1.29 is 13.6 Å². The van der Waals surface area contributed by atoms with Gasteiger partial charge in [0.05, 0.1) is 0 Å². The molecule has 1 nitrogen and oxygen atoms in total. The first-order chi connectivity index (χ1) is 8.94. The van der Waals surface area contributed by atoms with E-state index in [1.54, 1.807) is 12.1 Å². The van der Waals surface area contributed by atoms with E-state index in [1.807, 2.05) is 0 Å².